The van der Waals surface area contributed by atoms with Gasteiger partial charge in [0.2, 0.25) is 6.54 Å². The highest BCUT2D eigenvalue weighted by Crippen LogP contribution is 2.22. The zero-order chi connectivity index (χ0) is 12.1. The second-order valence-electron chi connectivity index (χ2n) is 3.37. The maximum Gasteiger partial charge on any atom is 0.304 e. The lowest BCUT2D eigenvalue weighted by Crippen LogP contribution is -2.16. The highest BCUT2D eigenvalue weighted by Gasteiger charge is 2.21. The van der Waals surface area contributed by atoms with Crippen molar-refractivity contribution >= 4 is 17.6 Å². The SMILES string of the molecule is O=C(O)CC(C[N+](=O)[O-])c1cccc(Cl)c1. The van der Waals surface area contributed by atoms with Gasteiger partial charge in [-0.2, -0.15) is 0 Å². The summed E-state index contributed by atoms with van der Waals surface area (Å²) >= 11 is 5.74. The van der Waals surface area contributed by atoms with Gasteiger partial charge in [0, 0.05) is 9.95 Å². The summed E-state index contributed by atoms with van der Waals surface area (Å²) in [6.45, 7) is -0.410. The molecular formula is C10H10ClNO4. The normalized spacial score (nSPS) is 12.1. The summed E-state index contributed by atoms with van der Waals surface area (Å²) in [6.07, 6.45) is -0.276. The Morgan fingerprint density at radius 1 is 1.56 bits per heavy atom. The number of benzene rings is 1. The zero-order valence-electron chi connectivity index (χ0n) is 8.30. The van der Waals surface area contributed by atoms with Gasteiger partial charge in [-0.05, 0) is 17.7 Å². The fourth-order valence-corrected chi connectivity index (χ4v) is 1.64. The van der Waals surface area contributed by atoms with Gasteiger partial charge in [0.25, 0.3) is 0 Å². The van der Waals surface area contributed by atoms with Gasteiger partial charge >= 0.3 is 5.97 Å². The van der Waals surface area contributed by atoms with Crippen molar-refractivity contribution in [2.75, 3.05) is 6.54 Å². The monoisotopic (exact) mass is 243 g/mol. The summed E-state index contributed by atoms with van der Waals surface area (Å²) in [7, 11) is 0. The summed E-state index contributed by atoms with van der Waals surface area (Å²) in [5.41, 5.74) is 0.576. The predicted octanol–water partition coefficient (Wildman–Crippen LogP) is 2.17. The lowest BCUT2D eigenvalue weighted by Gasteiger charge is -2.10. The number of rotatable bonds is 5. The van der Waals surface area contributed by atoms with E-state index < -0.39 is 23.4 Å². The van der Waals surface area contributed by atoms with Crippen LogP contribution >= 0.6 is 11.6 Å². The van der Waals surface area contributed by atoms with Crippen molar-refractivity contribution < 1.29 is 14.8 Å². The number of aliphatic carboxylic acids is 1. The number of carboxylic acid groups (broad SMARTS) is 1. The maximum atomic E-state index is 10.6. The Morgan fingerprint density at radius 2 is 2.25 bits per heavy atom. The van der Waals surface area contributed by atoms with Gasteiger partial charge in [0.05, 0.1) is 12.3 Å². The van der Waals surface area contributed by atoms with E-state index in [1.807, 2.05) is 0 Å². The molecule has 5 nitrogen and oxygen atoms in total. The van der Waals surface area contributed by atoms with Gasteiger partial charge in [0.15, 0.2) is 0 Å². The molecule has 1 N–H and O–H groups in total. The Hall–Kier alpha value is -1.62. The second-order valence-corrected chi connectivity index (χ2v) is 3.80. The number of hydrogen-bond donors (Lipinski definition) is 1. The molecule has 1 aromatic carbocycles. The highest BCUT2D eigenvalue weighted by molar-refractivity contribution is 6.30. The van der Waals surface area contributed by atoms with Crippen LogP contribution in [0.5, 0.6) is 0 Å². The molecule has 0 saturated carbocycles. The third kappa shape index (κ3) is 3.86. The van der Waals surface area contributed by atoms with Crippen molar-refractivity contribution in [3.8, 4) is 0 Å². The Balaban J connectivity index is 2.90. The van der Waals surface area contributed by atoms with Gasteiger partial charge in [-0.25, -0.2) is 0 Å². The molecule has 0 saturated heterocycles. The van der Waals surface area contributed by atoms with Crippen LogP contribution in [0.2, 0.25) is 5.02 Å². The third-order valence-corrected chi connectivity index (χ3v) is 2.35. The maximum absolute atomic E-state index is 10.6. The minimum Gasteiger partial charge on any atom is -0.481 e. The van der Waals surface area contributed by atoms with E-state index in [1.165, 1.54) is 0 Å². The van der Waals surface area contributed by atoms with Gasteiger partial charge in [-0.3, -0.25) is 14.9 Å². The number of nitro groups is 1. The molecule has 1 aromatic rings. The number of halogens is 1. The first kappa shape index (κ1) is 12.4. The van der Waals surface area contributed by atoms with Gasteiger partial charge in [0.1, 0.15) is 0 Å². The molecule has 0 radical (unpaired) electrons. The fraction of sp³-hybridized carbons (Fsp3) is 0.300. The molecule has 1 unspecified atom stereocenters. The van der Waals surface area contributed by atoms with E-state index in [-0.39, 0.29) is 6.42 Å². The molecule has 0 aliphatic rings. The molecule has 0 fully saturated rings. The van der Waals surface area contributed by atoms with Crippen LogP contribution < -0.4 is 0 Å². The summed E-state index contributed by atoms with van der Waals surface area (Å²) in [4.78, 5) is 20.5. The van der Waals surface area contributed by atoms with Crippen molar-refractivity contribution in [3.63, 3.8) is 0 Å². The number of carbonyl (C=O) groups is 1. The van der Waals surface area contributed by atoms with Gasteiger partial charge in [-0.15, -0.1) is 0 Å². The van der Waals surface area contributed by atoms with Crippen LogP contribution in [0, 0.1) is 10.1 Å². The van der Waals surface area contributed by atoms with Gasteiger partial charge in [-0.1, -0.05) is 23.7 Å². The third-order valence-electron chi connectivity index (χ3n) is 2.11. The molecule has 0 aliphatic heterocycles. The molecule has 0 heterocycles. The van der Waals surface area contributed by atoms with Crippen LogP contribution in [0.25, 0.3) is 0 Å². The average Bonchev–Trinajstić information content (AvgIpc) is 2.15. The molecule has 16 heavy (non-hydrogen) atoms. The summed E-state index contributed by atoms with van der Waals surface area (Å²) in [5.74, 6) is -1.71. The number of hydrogen-bond acceptors (Lipinski definition) is 3. The zero-order valence-corrected chi connectivity index (χ0v) is 9.05. The van der Waals surface area contributed by atoms with Crippen molar-refractivity contribution in [1.82, 2.24) is 0 Å². The average molecular weight is 244 g/mol. The first-order valence-electron chi connectivity index (χ1n) is 4.58. The summed E-state index contributed by atoms with van der Waals surface area (Å²) in [5, 5.41) is 19.5. The molecule has 86 valence electrons. The molecule has 1 rings (SSSR count). The van der Waals surface area contributed by atoms with Crippen molar-refractivity contribution in [2.24, 2.45) is 0 Å². The van der Waals surface area contributed by atoms with Crippen LogP contribution in [0.1, 0.15) is 17.9 Å². The molecule has 0 spiro atoms. The smallest absolute Gasteiger partial charge is 0.304 e. The van der Waals surface area contributed by atoms with E-state index in [0.717, 1.165) is 0 Å². The standard InChI is InChI=1S/C10H10ClNO4/c11-9-3-1-2-7(4-9)8(5-10(13)14)6-12(15)16/h1-4,8H,5-6H2,(H,13,14). The number of carboxylic acids is 1. The van der Waals surface area contributed by atoms with E-state index in [1.54, 1.807) is 24.3 Å². The van der Waals surface area contributed by atoms with E-state index in [9.17, 15) is 14.9 Å². The lowest BCUT2D eigenvalue weighted by molar-refractivity contribution is -0.483. The summed E-state index contributed by atoms with van der Waals surface area (Å²) < 4.78 is 0. The first-order chi connectivity index (χ1) is 7.49. The topological polar surface area (TPSA) is 80.4 Å². The molecule has 0 amide bonds. The van der Waals surface area contributed by atoms with E-state index in [4.69, 9.17) is 16.7 Å². The van der Waals surface area contributed by atoms with E-state index in [0.29, 0.717) is 10.6 Å². The number of nitrogens with zero attached hydrogens (tertiary/aromatic N) is 1. The van der Waals surface area contributed by atoms with Crippen LogP contribution in [0.15, 0.2) is 24.3 Å². The van der Waals surface area contributed by atoms with Crippen LogP contribution in [0.4, 0.5) is 0 Å². The Bertz CT molecular complexity index is 392. The van der Waals surface area contributed by atoms with Gasteiger partial charge < -0.3 is 5.11 Å². The Morgan fingerprint density at radius 3 is 2.75 bits per heavy atom. The second kappa shape index (κ2) is 5.46. The van der Waals surface area contributed by atoms with E-state index in [2.05, 4.69) is 0 Å². The molecular weight excluding hydrogens is 234 g/mol. The molecule has 1 atom stereocenters. The first-order valence-corrected chi connectivity index (χ1v) is 4.96. The highest BCUT2D eigenvalue weighted by atomic mass is 35.5. The quantitative estimate of drug-likeness (QED) is 0.635. The predicted molar refractivity (Wildman–Crippen MR) is 58.3 cm³/mol. The Labute approximate surface area is 96.8 Å². The minimum atomic E-state index is -1.06. The molecule has 0 aromatic heterocycles. The molecule has 0 bridgehead atoms. The summed E-state index contributed by atoms with van der Waals surface area (Å²) in [6, 6.07) is 6.48. The van der Waals surface area contributed by atoms with Crippen molar-refractivity contribution in [2.45, 2.75) is 12.3 Å². The van der Waals surface area contributed by atoms with Crippen molar-refractivity contribution in [1.29, 1.82) is 0 Å². The van der Waals surface area contributed by atoms with Crippen LogP contribution in [0.3, 0.4) is 0 Å². The fourth-order valence-electron chi connectivity index (χ4n) is 1.44. The Kier molecular flexibility index (Phi) is 4.25. The lowest BCUT2D eigenvalue weighted by atomic mass is 9.96. The largest absolute Gasteiger partial charge is 0.481 e. The van der Waals surface area contributed by atoms with E-state index >= 15 is 0 Å². The van der Waals surface area contributed by atoms with Crippen molar-refractivity contribution in [3.05, 3.63) is 45.0 Å². The molecule has 0 aliphatic carbocycles. The van der Waals surface area contributed by atoms with Crippen LogP contribution in [-0.2, 0) is 4.79 Å². The van der Waals surface area contributed by atoms with Crippen LogP contribution in [-0.4, -0.2) is 22.5 Å². The minimum absolute atomic E-state index is 0.276. The molecule has 6 heteroatoms.